The first-order chi connectivity index (χ1) is 12.7. The molecule has 6 heteroatoms. The predicted octanol–water partition coefficient (Wildman–Crippen LogP) is 3.71. The van der Waals surface area contributed by atoms with Crippen molar-refractivity contribution in [1.82, 2.24) is 14.7 Å². The summed E-state index contributed by atoms with van der Waals surface area (Å²) in [5, 5.41) is 3.96. The first-order valence-electron chi connectivity index (χ1n) is 9.60. The monoisotopic (exact) mass is 372 g/mol. The number of nitrogens with one attached hydrogen (secondary N) is 1. The number of carbonyl (C=O) groups is 1. The van der Waals surface area contributed by atoms with E-state index in [1.165, 1.54) is 29.1 Å². The molecule has 1 aromatic heterocycles. The van der Waals surface area contributed by atoms with Crippen LogP contribution in [0.3, 0.4) is 0 Å². The highest BCUT2D eigenvalue weighted by molar-refractivity contribution is 7.09. The fourth-order valence-electron chi connectivity index (χ4n) is 3.29. The van der Waals surface area contributed by atoms with Crippen molar-refractivity contribution in [2.24, 2.45) is 0 Å². The Labute approximate surface area is 160 Å². The Hall–Kier alpha value is -1.95. The molecule has 5 nitrogen and oxygen atoms in total. The van der Waals surface area contributed by atoms with Gasteiger partial charge in [0.1, 0.15) is 11.9 Å². The van der Waals surface area contributed by atoms with Gasteiger partial charge in [-0.15, -0.1) is 0 Å². The first-order valence-corrected chi connectivity index (χ1v) is 10.4. The van der Waals surface area contributed by atoms with Crippen LogP contribution in [0.15, 0.2) is 24.3 Å². The number of hydrogen-bond donors (Lipinski definition) is 1. The zero-order chi connectivity index (χ0) is 18.4. The van der Waals surface area contributed by atoms with Gasteiger partial charge in [0.05, 0.1) is 0 Å². The number of hydrogen-bond acceptors (Lipinski definition) is 5. The quantitative estimate of drug-likeness (QED) is 0.718. The highest BCUT2D eigenvalue weighted by atomic mass is 32.1. The molecule has 1 aliphatic heterocycles. The molecule has 1 amide bonds. The topological polar surface area (TPSA) is 58.1 Å². The molecular weight excluding hydrogens is 344 g/mol. The summed E-state index contributed by atoms with van der Waals surface area (Å²) in [6.07, 6.45) is 6.03. The molecular formula is C20H28N4OS. The molecule has 0 unspecified atom stereocenters. The summed E-state index contributed by atoms with van der Waals surface area (Å²) in [5.74, 6) is 0.969. The molecule has 2 heterocycles. The Balaban J connectivity index is 1.60. The summed E-state index contributed by atoms with van der Waals surface area (Å²) >= 11 is 1.41. The van der Waals surface area contributed by atoms with Crippen molar-refractivity contribution < 1.29 is 4.79 Å². The number of amides is 1. The second-order valence-corrected chi connectivity index (χ2v) is 7.74. The maximum Gasteiger partial charge on any atom is 0.242 e. The molecule has 1 N–H and O–H groups in total. The van der Waals surface area contributed by atoms with Crippen LogP contribution in [0.1, 0.15) is 56.0 Å². The van der Waals surface area contributed by atoms with E-state index in [1.54, 1.807) is 0 Å². The average molecular weight is 373 g/mol. The van der Waals surface area contributed by atoms with Crippen molar-refractivity contribution in [3.63, 3.8) is 0 Å². The molecule has 1 aliphatic rings. The molecule has 1 atom stereocenters. The minimum absolute atomic E-state index is 0.100. The Kier molecular flexibility index (Phi) is 6.61. The number of anilines is 1. The lowest BCUT2D eigenvalue weighted by atomic mass is 10.1. The SMILES string of the molecule is CCCCCNC(=O)[C@H]1CCCN1c1nc(Cc2ccc(C)cc2)ns1. The fraction of sp³-hybridized carbons (Fsp3) is 0.550. The number of unbranched alkanes of at least 4 members (excludes halogenated alkanes) is 2. The minimum Gasteiger partial charge on any atom is -0.354 e. The maximum absolute atomic E-state index is 12.5. The van der Waals surface area contributed by atoms with Crippen LogP contribution in [-0.2, 0) is 11.2 Å². The zero-order valence-corrected chi connectivity index (χ0v) is 16.5. The summed E-state index contributed by atoms with van der Waals surface area (Å²) in [4.78, 5) is 19.4. The van der Waals surface area contributed by atoms with E-state index in [2.05, 4.69) is 52.7 Å². The molecule has 0 aliphatic carbocycles. The van der Waals surface area contributed by atoms with Crippen molar-refractivity contribution in [1.29, 1.82) is 0 Å². The number of nitrogens with zero attached hydrogens (tertiary/aromatic N) is 3. The summed E-state index contributed by atoms with van der Waals surface area (Å²) < 4.78 is 4.52. The second-order valence-electron chi connectivity index (χ2n) is 7.01. The zero-order valence-electron chi connectivity index (χ0n) is 15.7. The van der Waals surface area contributed by atoms with Gasteiger partial charge >= 0.3 is 0 Å². The minimum atomic E-state index is -0.100. The molecule has 140 valence electrons. The van der Waals surface area contributed by atoms with Crippen LogP contribution in [0.5, 0.6) is 0 Å². The van der Waals surface area contributed by atoms with E-state index < -0.39 is 0 Å². The molecule has 0 bridgehead atoms. The lowest BCUT2D eigenvalue weighted by Crippen LogP contribution is -2.43. The van der Waals surface area contributed by atoms with Gasteiger partial charge in [-0.3, -0.25) is 4.79 Å². The lowest BCUT2D eigenvalue weighted by molar-refractivity contribution is -0.122. The molecule has 3 rings (SSSR count). The predicted molar refractivity (Wildman–Crippen MR) is 107 cm³/mol. The third kappa shape index (κ3) is 4.81. The molecule has 1 fully saturated rings. The van der Waals surface area contributed by atoms with Gasteiger partial charge in [-0.25, -0.2) is 4.98 Å². The standard InChI is InChI=1S/C20H28N4OS/c1-3-4-5-12-21-19(25)17-7-6-13-24(17)20-22-18(23-26-20)14-16-10-8-15(2)9-11-16/h8-11,17H,3-7,12-14H2,1-2H3,(H,21,25)/t17-/m1/s1. The number of benzene rings is 1. The normalized spacial score (nSPS) is 16.8. The molecule has 0 saturated carbocycles. The van der Waals surface area contributed by atoms with Gasteiger partial charge in [0.2, 0.25) is 11.0 Å². The maximum atomic E-state index is 12.5. The Bertz CT molecular complexity index is 713. The third-order valence-corrected chi connectivity index (χ3v) is 5.61. The highest BCUT2D eigenvalue weighted by Gasteiger charge is 2.32. The molecule has 0 radical (unpaired) electrons. The van der Waals surface area contributed by atoms with E-state index in [4.69, 9.17) is 4.98 Å². The van der Waals surface area contributed by atoms with Crippen LogP contribution in [0.2, 0.25) is 0 Å². The van der Waals surface area contributed by atoms with E-state index in [0.29, 0.717) is 0 Å². The van der Waals surface area contributed by atoms with Crippen LogP contribution in [-0.4, -0.2) is 34.4 Å². The summed E-state index contributed by atoms with van der Waals surface area (Å²) in [5.41, 5.74) is 2.47. The molecule has 1 aromatic carbocycles. The van der Waals surface area contributed by atoms with Crippen LogP contribution in [0, 0.1) is 6.92 Å². The molecule has 2 aromatic rings. The van der Waals surface area contributed by atoms with E-state index >= 15 is 0 Å². The number of rotatable bonds is 8. The van der Waals surface area contributed by atoms with E-state index in [0.717, 1.165) is 56.1 Å². The fourth-order valence-corrected chi connectivity index (χ4v) is 4.06. The van der Waals surface area contributed by atoms with Crippen LogP contribution in [0.25, 0.3) is 0 Å². The summed E-state index contributed by atoms with van der Waals surface area (Å²) in [6, 6.07) is 8.37. The van der Waals surface area contributed by atoms with Gasteiger partial charge in [-0.2, -0.15) is 4.37 Å². The lowest BCUT2D eigenvalue weighted by Gasteiger charge is -2.22. The van der Waals surface area contributed by atoms with Crippen LogP contribution >= 0.6 is 11.5 Å². The van der Waals surface area contributed by atoms with Gasteiger partial charge in [-0.05, 0) is 31.7 Å². The Morgan fingerprint density at radius 2 is 2.12 bits per heavy atom. The van der Waals surface area contributed by atoms with E-state index in [9.17, 15) is 4.79 Å². The van der Waals surface area contributed by atoms with Crippen LogP contribution in [0.4, 0.5) is 5.13 Å². The van der Waals surface area contributed by atoms with Crippen molar-refractivity contribution in [3.8, 4) is 0 Å². The highest BCUT2D eigenvalue weighted by Crippen LogP contribution is 2.27. The second kappa shape index (κ2) is 9.12. The third-order valence-electron chi connectivity index (χ3n) is 4.82. The molecule has 1 saturated heterocycles. The molecule has 0 spiro atoms. The van der Waals surface area contributed by atoms with Gasteiger partial charge in [-0.1, -0.05) is 49.6 Å². The van der Waals surface area contributed by atoms with E-state index in [-0.39, 0.29) is 11.9 Å². The Morgan fingerprint density at radius 1 is 1.31 bits per heavy atom. The van der Waals surface area contributed by atoms with Crippen molar-refractivity contribution in [2.75, 3.05) is 18.0 Å². The van der Waals surface area contributed by atoms with E-state index in [1.807, 2.05) is 0 Å². The number of carbonyl (C=O) groups excluding carboxylic acids is 1. The van der Waals surface area contributed by atoms with Gasteiger partial charge in [0.25, 0.3) is 0 Å². The van der Waals surface area contributed by atoms with Gasteiger partial charge in [0, 0.05) is 31.0 Å². The van der Waals surface area contributed by atoms with Gasteiger partial charge in [0.15, 0.2) is 0 Å². The Morgan fingerprint density at radius 3 is 2.88 bits per heavy atom. The van der Waals surface area contributed by atoms with Gasteiger partial charge < -0.3 is 10.2 Å². The number of aromatic nitrogens is 2. The number of aryl methyl sites for hydroxylation is 1. The smallest absolute Gasteiger partial charge is 0.242 e. The van der Waals surface area contributed by atoms with Crippen molar-refractivity contribution in [2.45, 2.75) is 58.4 Å². The largest absolute Gasteiger partial charge is 0.354 e. The van der Waals surface area contributed by atoms with Crippen molar-refractivity contribution >= 4 is 22.6 Å². The molecule has 26 heavy (non-hydrogen) atoms. The first kappa shape index (κ1) is 18.8. The summed E-state index contributed by atoms with van der Waals surface area (Å²) in [6.45, 7) is 5.91. The van der Waals surface area contributed by atoms with Crippen LogP contribution < -0.4 is 10.2 Å². The van der Waals surface area contributed by atoms with Crippen molar-refractivity contribution in [3.05, 3.63) is 41.2 Å². The summed E-state index contributed by atoms with van der Waals surface area (Å²) in [7, 11) is 0. The average Bonchev–Trinajstić information content (AvgIpc) is 3.29.